The minimum absolute atomic E-state index is 0.927. The molecule has 6 rings (SSSR count). The predicted molar refractivity (Wildman–Crippen MR) is 107 cm³/mol. The van der Waals surface area contributed by atoms with Crippen molar-refractivity contribution in [1.82, 2.24) is 9.55 Å². The Hall–Kier alpha value is -3.39. The summed E-state index contributed by atoms with van der Waals surface area (Å²) in [6.07, 6.45) is 1.86. The smallest absolute Gasteiger partial charge is 0.0702 e. The van der Waals surface area contributed by atoms with Crippen LogP contribution in [0.4, 0.5) is 0 Å². The molecular formula is C24H16N2. The van der Waals surface area contributed by atoms with Crippen LogP contribution in [0.2, 0.25) is 0 Å². The Bertz CT molecular complexity index is 1300. The van der Waals surface area contributed by atoms with Crippen LogP contribution in [0.15, 0.2) is 85.1 Å². The maximum Gasteiger partial charge on any atom is 0.0702 e. The van der Waals surface area contributed by atoms with Crippen molar-refractivity contribution in [2.24, 2.45) is 0 Å². The molecular weight excluding hydrogens is 316 g/mol. The van der Waals surface area contributed by atoms with Crippen LogP contribution in [-0.2, 0) is 6.54 Å². The van der Waals surface area contributed by atoms with Gasteiger partial charge in [0.25, 0.3) is 0 Å². The van der Waals surface area contributed by atoms with Gasteiger partial charge in [0.15, 0.2) is 0 Å². The van der Waals surface area contributed by atoms with E-state index in [0.717, 1.165) is 12.2 Å². The average Bonchev–Trinajstić information content (AvgIpc) is 3.03. The molecule has 2 aromatic heterocycles. The quantitative estimate of drug-likeness (QED) is 0.367. The standard InChI is InChI=1S/C24H16N2/c1-2-8-18-16(7-1)15-26-23-11-4-3-9-19(23)21-14-17(13-20(18)24(21)26)22-10-5-6-12-25-22/h1-14H,15H2. The van der Waals surface area contributed by atoms with Crippen molar-refractivity contribution in [3.05, 3.63) is 90.6 Å². The number of hydrogen-bond donors (Lipinski definition) is 0. The number of hydrogen-bond acceptors (Lipinski definition) is 1. The van der Waals surface area contributed by atoms with E-state index in [0.29, 0.717) is 0 Å². The summed E-state index contributed by atoms with van der Waals surface area (Å²) in [5, 5.41) is 2.63. The summed E-state index contributed by atoms with van der Waals surface area (Å²) in [5.74, 6) is 0. The molecule has 0 N–H and O–H groups in total. The molecule has 5 aromatic rings. The molecule has 1 aliphatic rings. The van der Waals surface area contributed by atoms with E-state index < -0.39 is 0 Å². The van der Waals surface area contributed by atoms with Gasteiger partial charge >= 0.3 is 0 Å². The second-order valence-corrected chi connectivity index (χ2v) is 6.90. The lowest BCUT2D eigenvalue weighted by Crippen LogP contribution is -2.07. The second-order valence-electron chi connectivity index (χ2n) is 6.90. The third kappa shape index (κ3) is 1.79. The zero-order chi connectivity index (χ0) is 17.1. The van der Waals surface area contributed by atoms with E-state index in [9.17, 15) is 0 Å². The molecule has 122 valence electrons. The first kappa shape index (κ1) is 13.9. The van der Waals surface area contributed by atoms with E-state index in [2.05, 4.69) is 82.3 Å². The van der Waals surface area contributed by atoms with Crippen LogP contribution >= 0.6 is 0 Å². The second kappa shape index (κ2) is 5.06. The molecule has 26 heavy (non-hydrogen) atoms. The highest BCUT2D eigenvalue weighted by Gasteiger charge is 2.22. The lowest BCUT2D eigenvalue weighted by atomic mass is 9.92. The van der Waals surface area contributed by atoms with Crippen LogP contribution in [0.1, 0.15) is 5.56 Å². The molecule has 0 unspecified atom stereocenters. The first-order valence-corrected chi connectivity index (χ1v) is 8.95. The normalized spacial score (nSPS) is 12.5. The summed E-state index contributed by atoms with van der Waals surface area (Å²) < 4.78 is 2.46. The molecule has 0 saturated carbocycles. The summed E-state index contributed by atoms with van der Waals surface area (Å²) in [6, 6.07) is 28.2. The number of rotatable bonds is 1. The van der Waals surface area contributed by atoms with Crippen LogP contribution in [0.3, 0.4) is 0 Å². The lowest BCUT2D eigenvalue weighted by molar-refractivity contribution is 0.860. The molecule has 2 heteroatoms. The Balaban J connectivity index is 1.81. The summed E-state index contributed by atoms with van der Waals surface area (Å²) >= 11 is 0. The van der Waals surface area contributed by atoms with Crippen molar-refractivity contribution < 1.29 is 0 Å². The molecule has 0 radical (unpaired) electrons. The van der Waals surface area contributed by atoms with Gasteiger partial charge in [-0.15, -0.1) is 0 Å². The third-order valence-corrected chi connectivity index (χ3v) is 5.46. The van der Waals surface area contributed by atoms with Crippen LogP contribution in [0, 0.1) is 0 Å². The molecule has 2 nitrogen and oxygen atoms in total. The largest absolute Gasteiger partial charge is 0.335 e. The fraction of sp³-hybridized carbons (Fsp3) is 0.0417. The molecule has 0 bridgehead atoms. The van der Waals surface area contributed by atoms with E-state index in [1.54, 1.807) is 0 Å². The Labute approximate surface area is 151 Å². The van der Waals surface area contributed by atoms with Gasteiger partial charge < -0.3 is 4.57 Å². The van der Waals surface area contributed by atoms with Gasteiger partial charge in [-0.05, 0) is 41.5 Å². The van der Waals surface area contributed by atoms with Gasteiger partial charge in [-0.1, -0.05) is 48.5 Å². The Morgan fingerprint density at radius 1 is 0.731 bits per heavy atom. The maximum absolute atomic E-state index is 4.59. The summed E-state index contributed by atoms with van der Waals surface area (Å²) in [4.78, 5) is 4.59. The zero-order valence-electron chi connectivity index (χ0n) is 14.2. The molecule has 0 amide bonds. The zero-order valence-corrected chi connectivity index (χ0v) is 14.2. The fourth-order valence-electron chi connectivity index (χ4n) is 4.33. The van der Waals surface area contributed by atoms with Gasteiger partial charge in [-0.2, -0.15) is 0 Å². The van der Waals surface area contributed by atoms with E-state index >= 15 is 0 Å². The van der Waals surface area contributed by atoms with E-state index in [4.69, 9.17) is 0 Å². The van der Waals surface area contributed by atoms with Crippen molar-refractivity contribution in [3.63, 3.8) is 0 Å². The van der Waals surface area contributed by atoms with Gasteiger partial charge in [-0.25, -0.2) is 0 Å². The first-order chi connectivity index (χ1) is 12.9. The number of aromatic nitrogens is 2. The molecule has 1 aliphatic heterocycles. The Morgan fingerprint density at radius 2 is 1.58 bits per heavy atom. The summed E-state index contributed by atoms with van der Waals surface area (Å²) in [6.45, 7) is 0.927. The number of para-hydroxylation sites is 1. The minimum atomic E-state index is 0.927. The number of nitrogens with zero attached hydrogens (tertiary/aromatic N) is 2. The Kier molecular flexibility index (Phi) is 2.69. The topological polar surface area (TPSA) is 17.8 Å². The highest BCUT2D eigenvalue weighted by atomic mass is 15.0. The van der Waals surface area contributed by atoms with Crippen LogP contribution in [0.5, 0.6) is 0 Å². The molecule has 0 fully saturated rings. The maximum atomic E-state index is 4.59. The van der Waals surface area contributed by atoms with Crippen molar-refractivity contribution in [1.29, 1.82) is 0 Å². The molecule has 3 heterocycles. The van der Waals surface area contributed by atoms with Crippen molar-refractivity contribution >= 4 is 21.8 Å². The van der Waals surface area contributed by atoms with Crippen molar-refractivity contribution in [2.75, 3.05) is 0 Å². The summed E-state index contributed by atoms with van der Waals surface area (Å²) in [5.41, 5.74) is 8.85. The van der Waals surface area contributed by atoms with Crippen LogP contribution in [0.25, 0.3) is 44.2 Å². The van der Waals surface area contributed by atoms with Gasteiger partial charge in [0.2, 0.25) is 0 Å². The van der Waals surface area contributed by atoms with Gasteiger partial charge in [-0.3, -0.25) is 4.98 Å². The molecule has 0 saturated heterocycles. The monoisotopic (exact) mass is 332 g/mol. The Morgan fingerprint density at radius 3 is 2.50 bits per heavy atom. The predicted octanol–water partition coefficient (Wildman–Crippen LogP) is 5.89. The van der Waals surface area contributed by atoms with Crippen LogP contribution in [-0.4, -0.2) is 9.55 Å². The molecule has 0 aliphatic carbocycles. The number of fused-ring (bicyclic) bond motifs is 5. The minimum Gasteiger partial charge on any atom is -0.335 e. The number of benzene rings is 3. The van der Waals surface area contributed by atoms with Crippen molar-refractivity contribution in [3.8, 4) is 22.4 Å². The average molecular weight is 332 g/mol. The first-order valence-electron chi connectivity index (χ1n) is 8.95. The third-order valence-electron chi connectivity index (χ3n) is 5.46. The lowest BCUT2D eigenvalue weighted by Gasteiger charge is -2.21. The number of pyridine rings is 1. The van der Waals surface area contributed by atoms with Gasteiger partial charge in [0, 0.05) is 40.2 Å². The SMILES string of the molecule is c1ccc(-c2cc3c4c(c2)c2ccccc2n4Cc2ccccc2-3)nc1. The molecule has 3 aromatic carbocycles. The molecule has 0 spiro atoms. The van der Waals surface area contributed by atoms with Crippen LogP contribution < -0.4 is 0 Å². The van der Waals surface area contributed by atoms with E-state index in [1.165, 1.54) is 44.1 Å². The van der Waals surface area contributed by atoms with E-state index in [-0.39, 0.29) is 0 Å². The highest BCUT2D eigenvalue weighted by Crippen LogP contribution is 2.43. The molecule has 0 atom stereocenters. The van der Waals surface area contributed by atoms with Gasteiger partial charge in [0.1, 0.15) is 0 Å². The highest BCUT2D eigenvalue weighted by molar-refractivity contribution is 6.15. The van der Waals surface area contributed by atoms with Crippen molar-refractivity contribution in [2.45, 2.75) is 6.54 Å². The summed E-state index contributed by atoms with van der Waals surface area (Å²) in [7, 11) is 0. The van der Waals surface area contributed by atoms with Gasteiger partial charge in [0.05, 0.1) is 11.2 Å². The fourth-order valence-corrected chi connectivity index (χ4v) is 4.33. The van der Waals surface area contributed by atoms with E-state index in [1.807, 2.05) is 12.3 Å².